The Morgan fingerprint density at radius 1 is 1.26 bits per heavy atom. The van der Waals surface area contributed by atoms with Gasteiger partial charge >= 0.3 is 6.03 Å². The summed E-state index contributed by atoms with van der Waals surface area (Å²) < 4.78 is 11.1. The number of nitrogens with zero attached hydrogens (tertiary/aromatic N) is 2. The second-order valence-corrected chi connectivity index (χ2v) is 6.18. The molecule has 120 valence electrons. The Hall–Kier alpha value is -2.34. The minimum Gasteiger partial charge on any atom is -0.371 e. The lowest BCUT2D eigenvalue weighted by molar-refractivity contribution is -0.140. The molecule has 0 bridgehead atoms. The van der Waals surface area contributed by atoms with Crippen molar-refractivity contribution in [3.05, 3.63) is 36.4 Å². The summed E-state index contributed by atoms with van der Waals surface area (Å²) in [5.41, 5.74) is 0.828. The Kier molecular flexibility index (Phi) is 3.53. The number of nitrogens with one attached hydrogen (secondary N) is 1. The van der Waals surface area contributed by atoms with Gasteiger partial charge in [-0.2, -0.15) is 0 Å². The maximum Gasteiger partial charge on any atom is 0.323 e. The third kappa shape index (κ3) is 2.82. The number of anilines is 1. The van der Waals surface area contributed by atoms with Crippen molar-refractivity contribution in [2.24, 2.45) is 0 Å². The molecule has 1 saturated heterocycles. The molecule has 2 fully saturated rings. The van der Waals surface area contributed by atoms with Gasteiger partial charge in [0, 0.05) is 18.2 Å². The van der Waals surface area contributed by atoms with Crippen molar-refractivity contribution < 1.29 is 14.1 Å². The average Bonchev–Trinajstić information content (AvgIpc) is 3.03. The van der Waals surface area contributed by atoms with Gasteiger partial charge in [0.25, 0.3) is 0 Å². The van der Waals surface area contributed by atoms with Gasteiger partial charge in [-0.25, -0.2) is 4.79 Å². The van der Waals surface area contributed by atoms with Crippen LogP contribution in [0.1, 0.15) is 19.3 Å². The smallest absolute Gasteiger partial charge is 0.323 e. The van der Waals surface area contributed by atoms with Crippen LogP contribution in [0.2, 0.25) is 0 Å². The van der Waals surface area contributed by atoms with Crippen molar-refractivity contribution in [3.63, 3.8) is 0 Å². The van der Waals surface area contributed by atoms with Gasteiger partial charge in [-0.3, -0.25) is 5.32 Å². The molecule has 2 aliphatic rings. The number of ether oxygens (including phenoxy) is 1. The summed E-state index contributed by atoms with van der Waals surface area (Å²) in [6, 6.07) is 11.3. The van der Waals surface area contributed by atoms with E-state index in [1.165, 1.54) is 6.42 Å². The summed E-state index contributed by atoms with van der Waals surface area (Å²) in [5, 5.41) is 6.75. The normalized spacial score (nSPS) is 19.4. The summed E-state index contributed by atoms with van der Waals surface area (Å²) in [7, 11) is 0. The predicted octanol–water partition coefficient (Wildman–Crippen LogP) is 3.13. The number of amides is 2. The van der Waals surface area contributed by atoms with E-state index in [4.69, 9.17) is 9.26 Å². The molecule has 2 aromatic rings. The van der Waals surface area contributed by atoms with Crippen LogP contribution in [0, 0.1) is 0 Å². The highest BCUT2D eigenvalue weighted by Gasteiger charge is 2.43. The molecule has 6 heteroatoms. The Morgan fingerprint density at radius 3 is 2.83 bits per heavy atom. The molecular weight excluding hydrogens is 294 g/mol. The molecule has 1 saturated carbocycles. The lowest BCUT2D eigenvalue weighted by Gasteiger charge is -2.48. The molecule has 0 radical (unpaired) electrons. The maximum absolute atomic E-state index is 12.4. The van der Waals surface area contributed by atoms with Crippen LogP contribution in [0.15, 0.2) is 40.9 Å². The lowest BCUT2D eigenvalue weighted by atomic mass is 9.79. The van der Waals surface area contributed by atoms with Crippen molar-refractivity contribution in [3.8, 4) is 11.3 Å². The number of hydrogen-bond acceptors (Lipinski definition) is 4. The quantitative estimate of drug-likeness (QED) is 0.925. The largest absolute Gasteiger partial charge is 0.371 e. The van der Waals surface area contributed by atoms with Crippen molar-refractivity contribution in [1.82, 2.24) is 10.1 Å². The fourth-order valence-corrected chi connectivity index (χ4v) is 3.15. The molecule has 1 aromatic carbocycles. The molecule has 2 heterocycles. The van der Waals surface area contributed by atoms with Crippen LogP contribution >= 0.6 is 0 Å². The fraction of sp³-hybridized carbons (Fsp3) is 0.412. The topological polar surface area (TPSA) is 67.6 Å². The first kappa shape index (κ1) is 14.3. The minimum atomic E-state index is -0.146. The van der Waals surface area contributed by atoms with Gasteiger partial charge in [-0.1, -0.05) is 35.5 Å². The highest BCUT2D eigenvalue weighted by atomic mass is 16.5. The van der Waals surface area contributed by atoms with Gasteiger partial charge in [-0.05, 0) is 19.3 Å². The van der Waals surface area contributed by atoms with Gasteiger partial charge < -0.3 is 14.2 Å². The van der Waals surface area contributed by atoms with Crippen molar-refractivity contribution in [2.45, 2.75) is 24.9 Å². The molecule has 1 N–H and O–H groups in total. The first-order valence-electron chi connectivity index (χ1n) is 7.96. The van der Waals surface area contributed by atoms with Gasteiger partial charge in [0.15, 0.2) is 11.6 Å². The number of urea groups is 1. The van der Waals surface area contributed by atoms with Crippen LogP contribution in [-0.4, -0.2) is 41.4 Å². The van der Waals surface area contributed by atoms with Crippen LogP contribution < -0.4 is 5.32 Å². The molecule has 1 aromatic heterocycles. The zero-order valence-electron chi connectivity index (χ0n) is 12.8. The second kappa shape index (κ2) is 5.70. The molecule has 2 amide bonds. The molecule has 23 heavy (non-hydrogen) atoms. The van der Waals surface area contributed by atoms with Crippen molar-refractivity contribution in [1.29, 1.82) is 0 Å². The van der Waals surface area contributed by atoms with E-state index in [0.717, 1.165) is 18.4 Å². The number of hydrogen-bond donors (Lipinski definition) is 1. The minimum absolute atomic E-state index is 0.103. The van der Waals surface area contributed by atoms with Gasteiger partial charge in [0.1, 0.15) is 0 Å². The third-order valence-corrected chi connectivity index (χ3v) is 4.60. The molecule has 4 rings (SSSR count). The van der Waals surface area contributed by atoms with Crippen LogP contribution in [0.3, 0.4) is 0 Å². The second-order valence-electron chi connectivity index (χ2n) is 6.18. The van der Waals surface area contributed by atoms with E-state index < -0.39 is 0 Å². The van der Waals surface area contributed by atoms with Gasteiger partial charge in [0.05, 0.1) is 18.8 Å². The van der Waals surface area contributed by atoms with E-state index in [0.29, 0.717) is 31.3 Å². The van der Waals surface area contributed by atoms with E-state index in [2.05, 4.69) is 10.5 Å². The number of rotatable bonds is 2. The highest BCUT2D eigenvalue weighted by molar-refractivity contribution is 5.89. The number of benzene rings is 1. The Labute approximate surface area is 134 Å². The number of carbonyl (C=O) groups is 1. The fourth-order valence-electron chi connectivity index (χ4n) is 3.15. The molecule has 0 unspecified atom stereocenters. The molecular formula is C17H19N3O3. The first-order chi connectivity index (χ1) is 11.2. The highest BCUT2D eigenvalue weighted by Crippen LogP contribution is 2.38. The average molecular weight is 313 g/mol. The van der Waals surface area contributed by atoms with Crippen LogP contribution in [0.5, 0.6) is 0 Å². The van der Waals surface area contributed by atoms with Crippen LogP contribution in [-0.2, 0) is 4.74 Å². The zero-order valence-corrected chi connectivity index (χ0v) is 12.8. The number of aromatic nitrogens is 1. The Morgan fingerprint density at radius 2 is 2.09 bits per heavy atom. The summed E-state index contributed by atoms with van der Waals surface area (Å²) in [6.07, 6.45) is 3.26. The number of carbonyl (C=O) groups excluding carboxylic acids is 1. The maximum atomic E-state index is 12.4. The zero-order chi connectivity index (χ0) is 15.7. The summed E-state index contributed by atoms with van der Waals surface area (Å²) in [4.78, 5) is 14.2. The van der Waals surface area contributed by atoms with E-state index in [1.807, 2.05) is 30.3 Å². The molecule has 6 nitrogen and oxygen atoms in total. The van der Waals surface area contributed by atoms with Gasteiger partial charge in [0.2, 0.25) is 0 Å². The Balaban J connectivity index is 1.42. The first-order valence-corrected chi connectivity index (χ1v) is 7.96. The third-order valence-electron chi connectivity index (χ3n) is 4.60. The SMILES string of the molecule is O=C(Nc1cc(-c2ccccc2)on1)N1CCOC2(CCC2)C1. The van der Waals surface area contributed by atoms with E-state index in [-0.39, 0.29) is 11.6 Å². The van der Waals surface area contributed by atoms with E-state index in [9.17, 15) is 4.79 Å². The lowest BCUT2D eigenvalue weighted by Crippen LogP contribution is -2.57. The molecule has 1 spiro atoms. The Bertz CT molecular complexity index is 694. The number of morpholine rings is 1. The van der Waals surface area contributed by atoms with Crippen molar-refractivity contribution >= 4 is 11.8 Å². The van der Waals surface area contributed by atoms with Gasteiger partial charge in [-0.15, -0.1) is 0 Å². The summed E-state index contributed by atoms with van der Waals surface area (Å²) >= 11 is 0. The molecule has 1 aliphatic heterocycles. The predicted molar refractivity (Wildman–Crippen MR) is 85.1 cm³/mol. The molecule has 0 atom stereocenters. The summed E-state index contributed by atoms with van der Waals surface area (Å²) in [5.74, 6) is 1.07. The van der Waals surface area contributed by atoms with Crippen LogP contribution in [0.25, 0.3) is 11.3 Å². The monoisotopic (exact) mass is 313 g/mol. The van der Waals surface area contributed by atoms with Crippen LogP contribution in [0.4, 0.5) is 10.6 Å². The standard InChI is InChI=1S/C17H19N3O3/c21-16(20-9-10-22-17(12-20)7-4-8-17)18-15-11-14(23-19-15)13-5-2-1-3-6-13/h1-3,5-6,11H,4,7-10,12H2,(H,18,19,21). The van der Waals surface area contributed by atoms with E-state index >= 15 is 0 Å². The summed E-state index contributed by atoms with van der Waals surface area (Å²) in [6.45, 7) is 1.86. The molecule has 1 aliphatic carbocycles. The van der Waals surface area contributed by atoms with Crippen molar-refractivity contribution in [2.75, 3.05) is 25.0 Å². The van der Waals surface area contributed by atoms with E-state index in [1.54, 1.807) is 11.0 Å².